The van der Waals surface area contributed by atoms with Crippen LogP contribution in [0.3, 0.4) is 0 Å². The minimum absolute atomic E-state index is 0. The summed E-state index contributed by atoms with van der Waals surface area (Å²) in [7, 11) is -5.17. The summed E-state index contributed by atoms with van der Waals surface area (Å²) >= 11 is 0. The fourth-order valence-electron chi connectivity index (χ4n) is 0. The summed E-state index contributed by atoms with van der Waals surface area (Å²) in [6, 6.07) is 0. The van der Waals surface area contributed by atoms with Crippen LogP contribution in [0.1, 0.15) is 0 Å². The van der Waals surface area contributed by atoms with Crippen LogP contribution in [0.25, 0.3) is 0 Å². The quantitative estimate of drug-likeness (QED) is 0.300. The molecule has 0 saturated heterocycles. The molecule has 0 fully saturated rings. The van der Waals surface area contributed by atoms with Crippen LogP contribution in [-0.2, 0) is 27.5 Å². The zero-order valence-corrected chi connectivity index (χ0v) is 5.90. The van der Waals surface area contributed by atoms with Crippen molar-refractivity contribution >= 4 is 16.6 Å². The minimum Gasteiger partial charge on any atom is -0.759 e. The largest absolute Gasteiger partial charge is 2.00 e. The number of carboxylic acid groups (broad SMARTS) is 2. The molecule has 10 heavy (non-hydrogen) atoms. The summed E-state index contributed by atoms with van der Waals surface area (Å²) in [5.41, 5.74) is 0. The Hall–Kier alpha value is -0.341. The molecule has 2 N–H and O–H groups in total. The predicted molar refractivity (Wildman–Crippen MR) is 21.1 cm³/mol. The second kappa shape index (κ2) is 6.77. The monoisotopic (exact) mass is 221 g/mol. The Labute approximate surface area is 66.7 Å². The van der Waals surface area contributed by atoms with Crippen LogP contribution in [0.4, 0.5) is 4.79 Å². The predicted octanol–water partition coefficient (Wildman–Crippen LogP) is -1.12. The summed E-state index contributed by atoms with van der Waals surface area (Å²) in [6.45, 7) is 0. The maximum Gasteiger partial charge on any atom is 2.00 e. The van der Waals surface area contributed by atoms with Crippen molar-refractivity contribution in [3.8, 4) is 0 Å². The molecule has 0 aliphatic heterocycles. The average molecular weight is 222 g/mol. The average Bonchev–Trinajstić information content (AvgIpc) is 1.19. The Kier molecular flexibility index (Phi) is 11.1. The van der Waals surface area contributed by atoms with Gasteiger partial charge in [-0.1, -0.05) is 0 Å². The van der Waals surface area contributed by atoms with Gasteiger partial charge in [0.2, 0.25) is 0 Å². The first kappa shape index (κ1) is 16.3. The van der Waals surface area contributed by atoms with Gasteiger partial charge in [0.05, 0.1) is 0 Å². The molecule has 1 radical (unpaired) electrons. The number of rotatable bonds is 0. The van der Waals surface area contributed by atoms with E-state index in [9.17, 15) is 0 Å². The van der Waals surface area contributed by atoms with Crippen molar-refractivity contribution < 1.29 is 49.6 Å². The van der Waals surface area contributed by atoms with Gasteiger partial charge in [0.15, 0.2) is 0 Å². The van der Waals surface area contributed by atoms with Crippen LogP contribution >= 0.6 is 0 Å². The van der Waals surface area contributed by atoms with Crippen LogP contribution in [0.15, 0.2) is 0 Å². The SMILES string of the molecule is O=C(O)O.O=S(=O)([O-])[O-].[Cu+2]. The van der Waals surface area contributed by atoms with E-state index in [2.05, 4.69) is 0 Å². The van der Waals surface area contributed by atoms with Gasteiger partial charge in [0.1, 0.15) is 0 Å². The van der Waals surface area contributed by atoms with Crippen molar-refractivity contribution in [1.29, 1.82) is 0 Å². The van der Waals surface area contributed by atoms with Gasteiger partial charge in [-0.25, -0.2) is 4.79 Å². The van der Waals surface area contributed by atoms with Gasteiger partial charge in [0.25, 0.3) is 0 Å². The van der Waals surface area contributed by atoms with Crippen molar-refractivity contribution in [2.75, 3.05) is 0 Å². The maximum absolute atomic E-state index is 8.56. The zero-order chi connectivity index (χ0) is 8.08. The molecule has 7 nitrogen and oxygen atoms in total. The molecule has 0 bridgehead atoms. The Bertz CT molecular complexity index is 156. The van der Waals surface area contributed by atoms with E-state index in [1.165, 1.54) is 0 Å². The molecule has 9 heteroatoms. The van der Waals surface area contributed by atoms with Gasteiger partial charge < -0.3 is 19.3 Å². The topological polar surface area (TPSA) is 138 Å². The van der Waals surface area contributed by atoms with E-state index < -0.39 is 16.6 Å². The fraction of sp³-hybridized carbons (Fsp3) is 0. The van der Waals surface area contributed by atoms with E-state index >= 15 is 0 Å². The molecule has 0 atom stereocenters. The first-order chi connectivity index (χ1) is 3.73. The van der Waals surface area contributed by atoms with E-state index in [4.69, 9.17) is 32.5 Å². The van der Waals surface area contributed by atoms with E-state index in [0.29, 0.717) is 0 Å². The van der Waals surface area contributed by atoms with E-state index in [0.717, 1.165) is 0 Å². The van der Waals surface area contributed by atoms with Crippen molar-refractivity contribution in [3.63, 3.8) is 0 Å². The molecule has 0 spiro atoms. The van der Waals surface area contributed by atoms with Gasteiger partial charge in [-0.15, -0.1) is 0 Å². The molecule has 0 aromatic heterocycles. The summed E-state index contributed by atoms with van der Waals surface area (Å²) in [6.07, 6.45) is -1.83. The summed E-state index contributed by atoms with van der Waals surface area (Å²) < 4.78 is 34.1. The Morgan fingerprint density at radius 3 is 1.20 bits per heavy atom. The Morgan fingerprint density at radius 1 is 1.20 bits per heavy atom. The molecule has 65 valence electrons. The fourth-order valence-corrected chi connectivity index (χ4v) is 0. The second-order valence-electron chi connectivity index (χ2n) is 0.691. The molecule has 0 rings (SSSR count). The smallest absolute Gasteiger partial charge is 0.759 e. The first-order valence-corrected chi connectivity index (χ1v) is 2.65. The van der Waals surface area contributed by atoms with Gasteiger partial charge in [0, 0.05) is 10.4 Å². The summed E-state index contributed by atoms with van der Waals surface area (Å²) in [5, 5.41) is 13.9. The molecule has 0 aliphatic rings. The normalized spacial score (nSPS) is 8.20. The van der Waals surface area contributed by atoms with Gasteiger partial charge in [-0.05, 0) is 0 Å². The zero-order valence-electron chi connectivity index (χ0n) is 4.15. The third kappa shape index (κ3) is 2930. The van der Waals surface area contributed by atoms with Crippen molar-refractivity contribution in [2.45, 2.75) is 0 Å². The van der Waals surface area contributed by atoms with Gasteiger partial charge >= 0.3 is 23.2 Å². The summed E-state index contributed by atoms with van der Waals surface area (Å²) in [5.74, 6) is 0. The van der Waals surface area contributed by atoms with Crippen molar-refractivity contribution in [1.82, 2.24) is 0 Å². The van der Waals surface area contributed by atoms with E-state index in [1.807, 2.05) is 0 Å². The molecular formula is CH2CuO7S. The number of carbonyl (C=O) groups is 1. The molecule has 0 aromatic carbocycles. The van der Waals surface area contributed by atoms with Gasteiger partial charge in [-0.3, -0.25) is 8.42 Å². The minimum atomic E-state index is -5.17. The number of hydrogen-bond acceptors (Lipinski definition) is 5. The molecule has 0 saturated carbocycles. The maximum atomic E-state index is 8.56. The standard InChI is InChI=1S/CH2O3.Cu.H2O4S/c2-1(3)4;;1-5(2,3)4/h(H2,2,3,4);;(H2,1,2,3,4)/q;+2;/p-2. The van der Waals surface area contributed by atoms with Gasteiger partial charge in [-0.2, -0.15) is 0 Å². The number of hydrogen-bond donors (Lipinski definition) is 2. The van der Waals surface area contributed by atoms with Crippen LogP contribution in [0.2, 0.25) is 0 Å². The third-order valence-corrected chi connectivity index (χ3v) is 0. The van der Waals surface area contributed by atoms with E-state index in [1.54, 1.807) is 0 Å². The van der Waals surface area contributed by atoms with Crippen molar-refractivity contribution in [2.24, 2.45) is 0 Å². The van der Waals surface area contributed by atoms with Crippen molar-refractivity contribution in [3.05, 3.63) is 0 Å². The van der Waals surface area contributed by atoms with Crippen LogP contribution in [-0.4, -0.2) is 33.9 Å². The third-order valence-electron chi connectivity index (χ3n) is 0. The van der Waals surface area contributed by atoms with Crippen LogP contribution < -0.4 is 0 Å². The second-order valence-corrected chi connectivity index (χ2v) is 1.51. The molecule has 0 unspecified atom stereocenters. The molecule has 0 aromatic rings. The Balaban J connectivity index is -0.0000000910. The van der Waals surface area contributed by atoms with Crippen LogP contribution in [0, 0.1) is 0 Å². The summed E-state index contributed by atoms with van der Waals surface area (Å²) in [4.78, 5) is 8.56. The van der Waals surface area contributed by atoms with E-state index in [-0.39, 0.29) is 17.1 Å². The molecule has 0 heterocycles. The molecular weight excluding hydrogens is 220 g/mol. The Morgan fingerprint density at radius 2 is 1.20 bits per heavy atom. The van der Waals surface area contributed by atoms with Crippen LogP contribution in [0.5, 0.6) is 0 Å². The first-order valence-electron chi connectivity index (χ1n) is 1.32. The molecule has 0 amide bonds. The molecule has 0 aliphatic carbocycles.